The van der Waals surface area contributed by atoms with Gasteiger partial charge in [-0.25, -0.2) is 15.0 Å². The normalized spacial score (nSPS) is 11.3. The van der Waals surface area contributed by atoms with E-state index in [1.54, 1.807) is 0 Å². The van der Waals surface area contributed by atoms with Crippen LogP contribution in [0.1, 0.15) is 30.5 Å². The second-order valence-corrected chi connectivity index (χ2v) is 13.9. The molecular formula is C50H42N6. The quantitative estimate of drug-likeness (QED) is 0.171. The van der Waals surface area contributed by atoms with Crippen molar-refractivity contribution in [2.24, 2.45) is 0 Å². The van der Waals surface area contributed by atoms with Crippen molar-refractivity contribution in [2.75, 3.05) is 0 Å². The number of rotatable bonds is 6. The van der Waals surface area contributed by atoms with Gasteiger partial charge in [0.25, 0.3) is 0 Å². The fraction of sp³-hybridized carbons (Fsp3) is 0.100. The molecule has 0 fully saturated rings. The van der Waals surface area contributed by atoms with E-state index in [2.05, 4.69) is 198 Å². The first-order chi connectivity index (χ1) is 27.5. The smallest absolute Gasteiger partial charge is 0.145 e. The summed E-state index contributed by atoms with van der Waals surface area (Å²) in [5, 5.41) is 0. The molecule has 6 heteroatoms. The van der Waals surface area contributed by atoms with Crippen LogP contribution in [0.3, 0.4) is 0 Å². The molecule has 272 valence electrons. The maximum absolute atomic E-state index is 5.35. The summed E-state index contributed by atoms with van der Waals surface area (Å²) in [6.07, 6.45) is 0. The van der Waals surface area contributed by atoms with Crippen molar-refractivity contribution in [2.45, 2.75) is 34.6 Å². The molecule has 0 N–H and O–H groups in total. The van der Waals surface area contributed by atoms with Crippen LogP contribution in [0.2, 0.25) is 0 Å². The fourth-order valence-corrected chi connectivity index (χ4v) is 7.85. The zero-order valence-electron chi connectivity index (χ0n) is 32.3. The van der Waals surface area contributed by atoms with Crippen LogP contribution in [-0.2, 0) is 0 Å². The highest BCUT2D eigenvalue weighted by Gasteiger charge is 2.23. The van der Waals surface area contributed by atoms with Crippen molar-refractivity contribution in [3.63, 3.8) is 0 Å². The topological polar surface area (TPSA) is 53.5 Å². The Morgan fingerprint density at radius 2 is 0.571 bits per heavy atom. The highest BCUT2D eigenvalue weighted by atomic mass is 15.1. The Bertz CT molecular complexity index is 2710. The number of hydrogen-bond acceptors (Lipinski definition) is 3. The minimum absolute atomic E-state index is 0.853. The minimum atomic E-state index is 0.853. The minimum Gasteiger partial charge on any atom is -0.292 e. The second kappa shape index (κ2) is 14.3. The van der Waals surface area contributed by atoms with Crippen LogP contribution in [0.5, 0.6) is 0 Å². The SMILES string of the molecule is CC.Cc1ccccc1-n1c(-c2cc(-c3nc4ccccc4n3-c3ccccc3C)cc(-c3nc4ccccc4n3-c3ccccc3C)c2)nc2ccccc21. The summed E-state index contributed by atoms with van der Waals surface area (Å²) < 4.78 is 6.88. The molecule has 56 heavy (non-hydrogen) atoms. The van der Waals surface area contributed by atoms with Gasteiger partial charge in [-0.05, 0) is 110 Å². The average Bonchev–Trinajstić information content (AvgIpc) is 3.94. The Morgan fingerprint density at radius 3 is 0.857 bits per heavy atom. The molecule has 0 atom stereocenters. The maximum atomic E-state index is 5.35. The first-order valence-corrected chi connectivity index (χ1v) is 19.3. The molecule has 0 radical (unpaired) electrons. The van der Waals surface area contributed by atoms with Crippen LogP contribution < -0.4 is 0 Å². The van der Waals surface area contributed by atoms with Crippen molar-refractivity contribution in [3.8, 4) is 51.2 Å². The molecule has 0 saturated carbocycles. The third-order valence-electron chi connectivity index (χ3n) is 10.5. The standard InChI is InChI=1S/C48H36N6.C2H6/c1-31-16-4-10-22-40(31)52-43-25-13-7-19-37(43)49-46(52)34-28-35(47-50-38-20-8-14-26-44(38)53(47)41-23-11-5-17-32(41)2)30-36(29-34)48-51-39-21-9-15-27-45(39)54(48)42-24-12-6-18-33(42)3;1-2/h4-30H,1-3H3;1-2H3. The van der Waals surface area contributed by atoms with E-state index in [0.717, 1.165) is 84.3 Å². The van der Waals surface area contributed by atoms with Crippen molar-refractivity contribution in [1.82, 2.24) is 28.7 Å². The van der Waals surface area contributed by atoms with Gasteiger partial charge in [-0.2, -0.15) is 0 Å². The highest BCUT2D eigenvalue weighted by Crippen LogP contribution is 2.39. The van der Waals surface area contributed by atoms with Gasteiger partial charge in [0, 0.05) is 16.7 Å². The van der Waals surface area contributed by atoms with E-state index in [1.165, 1.54) is 16.7 Å². The predicted molar refractivity (Wildman–Crippen MR) is 232 cm³/mol. The van der Waals surface area contributed by atoms with Gasteiger partial charge in [0.2, 0.25) is 0 Å². The van der Waals surface area contributed by atoms with Crippen molar-refractivity contribution < 1.29 is 0 Å². The monoisotopic (exact) mass is 726 g/mol. The maximum Gasteiger partial charge on any atom is 0.145 e. The van der Waals surface area contributed by atoms with Gasteiger partial charge in [-0.3, -0.25) is 13.7 Å². The fourth-order valence-electron chi connectivity index (χ4n) is 7.85. The largest absolute Gasteiger partial charge is 0.292 e. The third kappa shape index (κ3) is 5.78. The number of imidazole rings is 3. The lowest BCUT2D eigenvalue weighted by Gasteiger charge is -2.17. The lowest BCUT2D eigenvalue weighted by molar-refractivity contribution is 1.07. The van der Waals surface area contributed by atoms with Crippen LogP contribution in [0.15, 0.2) is 164 Å². The van der Waals surface area contributed by atoms with E-state index in [0.29, 0.717) is 0 Å². The molecule has 10 aromatic rings. The van der Waals surface area contributed by atoms with E-state index >= 15 is 0 Å². The van der Waals surface area contributed by atoms with E-state index < -0.39 is 0 Å². The van der Waals surface area contributed by atoms with Gasteiger partial charge in [0.05, 0.1) is 50.2 Å². The molecule has 0 bridgehead atoms. The summed E-state index contributed by atoms with van der Waals surface area (Å²) >= 11 is 0. The van der Waals surface area contributed by atoms with Gasteiger partial charge >= 0.3 is 0 Å². The summed E-state index contributed by atoms with van der Waals surface area (Å²) in [4.78, 5) is 16.1. The van der Waals surface area contributed by atoms with Crippen molar-refractivity contribution in [3.05, 3.63) is 180 Å². The first-order valence-electron chi connectivity index (χ1n) is 19.3. The third-order valence-corrected chi connectivity index (χ3v) is 10.5. The molecule has 6 nitrogen and oxygen atoms in total. The highest BCUT2D eigenvalue weighted by molar-refractivity contribution is 5.90. The Morgan fingerprint density at radius 1 is 0.321 bits per heavy atom. The number of hydrogen-bond donors (Lipinski definition) is 0. The van der Waals surface area contributed by atoms with Crippen LogP contribution in [-0.4, -0.2) is 28.7 Å². The molecule has 0 spiro atoms. The van der Waals surface area contributed by atoms with E-state index in [-0.39, 0.29) is 0 Å². The average molecular weight is 727 g/mol. The zero-order chi connectivity index (χ0) is 38.3. The molecule has 0 unspecified atom stereocenters. The Labute approximate surface area is 327 Å². The zero-order valence-corrected chi connectivity index (χ0v) is 32.3. The lowest BCUT2D eigenvalue weighted by atomic mass is 10.0. The molecule has 3 heterocycles. The van der Waals surface area contributed by atoms with Gasteiger partial charge in [0.1, 0.15) is 17.5 Å². The summed E-state index contributed by atoms with van der Waals surface area (Å²) in [6.45, 7) is 10.5. The number of aromatic nitrogens is 6. The molecule has 7 aromatic carbocycles. The number of benzene rings is 7. The van der Waals surface area contributed by atoms with E-state index in [4.69, 9.17) is 15.0 Å². The van der Waals surface area contributed by atoms with Crippen molar-refractivity contribution >= 4 is 33.1 Å². The van der Waals surface area contributed by atoms with Crippen LogP contribution >= 0.6 is 0 Å². The molecule has 3 aromatic heterocycles. The number of para-hydroxylation sites is 9. The van der Waals surface area contributed by atoms with Crippen molar-refractivity contribution in [1.29, 1.82) is 0 Å². The van der Waals surface area contributed by atoms with Gasteiger partial charge in [-0.15, -0.1) is 0 Å². The molecule has 0 saturated heterocycles. The van der Waals surface area contributed by atoms with Crippen LogP contribution in [0, 0.1) is 20.8 Å². The Balaban J connectivity index is 0.00000202. The lowest BCUT2D eigenvalue weighted by Crippen LogP contribution is -2.03. The van der Waals surface area contributed by atoms with Crippen LogP contribution in [0.4, 0.5) is 0 Å². The molecular weight excluding hydrogens is 685 g/mol. The first kappa shape index (κ1) is 34.7. The second-order valence-electron chi connectivity index (χ2n) is 13.9. The van der Waals surface area contributed by atoms with Gasteiger partial charge in [0.15, 0.2) is 0 Å². The summed E-state index contributed by atoms with van der Waals surface area (Å²) in [6, 6.07) is 57.4. The molecule has 0 aliphatic heterocycles. The van der Waals surface area contributed by atoms with Crippen LogP contribution in [0.25, 0.3) is 84.3 Å². The summed E-state index contributed by atoms with van der Waals surface area (Å²) in [5.74, 6) is 2.56. The number of fused-ring (bicyclic) bond motifs is 3. The Hall–Kier alpha value is -7.05. The predicted octanol–water partition coefficient (Wildman–Crippen LogP) is 12.7. The number of nitrogens with zero attached hydrogens (tertiary/aromatic N) is 6. The molecule has 0 aliphatic rings. The van der Waals surface area contributed by atoms with Gasteiger partial charge < -0.3 is 0 Å². The molecule has 0 aliphatic carbocycles. The molecule has 10 rings (SSSR count). The summed E-state index contributed by atoms with van der Waals surface area (Å²) in [7, 11) is 0. The van der Waals surface area contributed by atoms with Gasteiger partial charge in [-0.1, -0.05) is 105 Å². The summed E-state index contributed by atoms with van der Waals surface area (Å²) in [5.41, 5.74) is 15.6. The van der Waals surface area contributed by atoms with E-state index in [1.807, 2.05) is 13.8 Å². The molecule has 0 amide bonds. The Kier molecular flexibility index (Phi) is 8.87. The number of aryl methyl sites for hydroxylation is 3. The van der Waals surface area contributed by atoms with E-state index in [9.17, 15) is 0 Å².